The second-order valence-electron chi connectivity index (χ2n) is 2.57. The van der Waals surface area contributed by atoms with E-state index in [1.807, 2.05) is 0 Å². The third-order valence-corrected chi connectivity index (χ3v) is 2.42. The number of alkyl halides is 3. The summed E-state index contributed by atoms with van der Waals surface area (Å²) in [5.41, 5.74) is 3.98. The van der Waals surface area contributed by atoms with Crippen LogP contribution < -0.4 is 5.73 Å². The zero-order chi connectivity index (χ0) is 10.9. The summed E-state index contributed by atoms with van der Waals surface area (Å²) in [4.78, 5) is 0.0947. The highest BCUT2D eigenvalue weighted by atomic mass is 32.2. The van der Waals surface area contributed by atoms with Crippen LogP contribution in [0.5, 0.6) is 0 Å². The van der Waals surface area contributed by atoms with Crippen LogP contribution in [0.25, 0.3) is 0 Å². The smallest absolute Gasteiger partial charge is 0.395 e. The SMILES string of the molecule is CSc1cc(C(F)(F)F)cc(F)c1N. The number of halogens is 4. The van der Waals surface area contributed by atoms with Crippen molar-refractivity contribution in [2.75, 3.05) is 12.0 Å². The van der Waals surface area contributed by atoms with Crippen molar-refractivity contribution in [1.82, 2.24) is 0 Å². The molecule has 0 heterocycles. The van der Waals surface area contributed by atoms with E-state index in [2.05, 4.69) is 0 Å². The van der Waals surface area contributed by atoms with Gasteiger partial charge in [0.25, 0.3) is 0 Å². The minimum atomic E-state index is -4.54. The van der Waals surface area contributed by atoms with Gasteiger partial charge in [-0.3, -0.25) is 0 Å². The minimum absolute atomic E-state index is 0.0947. The number of hydrogen-bond donors (Lipinski definition) is 1. The molecule has 6 heteroatoms. The number of benzene rings is 1. The number of anilines is 1. The summed E-state index contributed by atoms with van der Waals surface area (Å²) in [6.45, 7) is 0. The summed E-state index contributed by atoms with van der Waals surface area (Å²) in [6.07, 6.45) is -3.01. The van der Waals surface area contributed by atoms with Crippen molar-refractivity contribution < 1.29 is 17.6 Å². The fourth-order valence-corrected chi connectivity index (χ4v) is 1.49. The Bertz CT molecular complexity index is 348. The number of nitrogens with two attached hydrogens (primary N) is 1. The molecule has 14 heavy (non-hydrogen) atoms. The van der Waals surface area contributed by atoms with Crippen LogP contribution in [0.2, 0.25) is 0 Å². The Morgan fingerprint density at radius 3 is 2.29 bits per heavy atom. The summed E-state index contributed by atoms with van der Waals surface area (Å²) in [5.74, 6) is -1.04. The molecule has 0 saturated heterocycles. The number of nitrogen functional groups attached to an aromatic ring is 1. The van der Waals surface area contributed by atoms with Crippen molar-refractivity contribution in [2.45, 2.75) is 11.1 Å². The summed E-state index contributed by atoms with van der Waals surface area (Å²) in [7, 11) is 0. The van der Waals surface area contributed by atoms with Crippen molar-refractivity contribution in [3.8, 4) is 0 Å². The Kier molecular flexibility index (Phi) is 2.94. The van der Waals surface area contributed by atoms with Crippen LogP contribution in [0.3, 0.4) is 0 Å². The lowest BCUT2D eigenvalue weighted by Crippen LogP contribution is -2.07. The second-order valence-corrected chi connectivity index (χ2v) is 3.42. The molecule has 1 nitrogen and oxygen atoms in total. The van der Waals surface area contributed by atoms with Gasteiger partial charge in [0.2, 0.25) is 0 Å². The van der Waals surface area contributed by atoms with Crippen molar-refractivity contribution in [2.24, 2.45) is 0 Å². The molecular weight excluding hydrogens is 218 g/mol. The third-order valence-electron chi connectivity index (χ3n) is 1.64. The molecule has 0 unspecified atom stereocenters. The number of hydrogen-bond acceptors (Lipinski definition) is 2. The molecule has 0 amide bonds. The van der Waals surface area contributed by atoms with E-state index in [1.165, 1.54) is 6.26 Å². The second kappa shape index (κ2) is 3.68. The zero-order valence-corrected chi connectivity index (χ0v) is 7.97. The van der Waals surface area contributed by atoms with Crippen LogP contribution in [-0.4, -0.2) is 6.26 Å². The molecule has 0 saturated carbocycles. The van der Waals surface area contributed by atoms with Gasteiger partial charge < -0.3 is 5.73 Å². The van der Waals surface area contributed by atoms with E-state index in [4.69, 9.17) is 5.73 Å². The zero-order valence-electron chi connectivity index (χ0n) is 7.15. The average Bonchev–Trinajstić information content (AvgIpc) is 2.07. The first-order chi connectivity index (χ1) is 6.36. The van der Waals surface area contributed by atoms with E-state index in [0.29, 0.717) is 6.07 Å². The number of thioether (sulfide) groups is 1. The molecule has 1 aromatic rings. The van der Waals surface area contributed by atoms with Gasteiger partial charge in [0.05, 0.1) is 11.3 Å². The first kappa shape index (κ1) is 11.2. The monoisotopic (exact) mass is 225 g/mol. The molecule has 1 rings (SSSR count). The van der Waals surface area contributed by atoms with Gasteiger partial charge in [-0.05, 0) is 18.4 Å². The highest BCUT2D eigenvalue weighted by Gasteiger charge is 2.32. The Morgan fingerprint density at radius 1 is 1.29 bits per heavy atom. The molecular formula is C8H7F4NS. The average molecular weight is 225 g/mol. The van der Waals surface area contributed by atoms with E-state index in [0.717, 1.165) is 17.8 Å². The molecule has 0 spiro atoms. The van der Waals surface area contributed by atoms with E-state index in [1.54, 1.807) is 0 Å². The molecule has 0 fully saturated rings. The van der Waals surface area contributed by atoms with E-state index < -0.39 is 17.6 Å². The van der Waals surface area contributed by atoms with Gasteiger partial charge in [-0.2, -0.15) is 13.2 Å². The highest BCUT2D eigenvalue weighted by molar-refractivity contribution is 7.98. The summed E-state index contributed by atoms with van der Waals surface area (Å²) >= 11 is 0.975. The molecule has 0 atom stereocenters. The van der Waals surface area contributed by atoms with Gasteiger partial charge in [-0.15, -0.1) is 11.8 Å². The van der Waals surface area contributed by atoms with Crippen molar-refractivity contribution in [1.29, 1.82) is 0 Å². The molecule has 78 valence electrons. The molecule has 0 aliphatic heterocycles. The van der Waals surface area contributed by atoms with Crippen molar-refractivity contribution in [3.63, 3.8) is 0 Å². The number of rotatable bonds is 1. The maximum absolute atomic E-state index is 12.9. The highest BCUT2D eigenvalue weighted by Crippen LogP contribution is 2.35. The van der Waals surface area contributed by atoms with Gasteiger partial charge in [0.1, 0.15) is 5.82 Å². The first-order valence-electron chi connectivity index (χ1n) is 3.56. The maximum Gasteiger partial charge on any atom is 0.416 e. The Labute approximate surface area is 82.3 Å². The van der Waals surface area contributed by atoms with Gasteiger partial charge >= 0.3 is 6.18 Å². The predicted molar refractivity (Wildman–Crippen MR) is 47.6 cm³/mol. The molecule has 1 aromatic carbocycles. The van der Waals surface area contributed by atoms with Gasteiger partial charge in [-0.25, -0.2) is 4.39 Å². The van der Waals surface area contributed by atoms with E-state index >= 15 is 0 Å². The first-order valence-corrected chi connectivity index (χ1v) is 4.79. The topological polar surface area (TPSA) is 26.0 Å². The lowest BCUT2D eigenvalue weighted by molar-refractivity contribution is -0.137. The molecule has 0 aliphatic carbocycles. The van der Waals surface area contributed by atoms with Crippen LogP contribution in [0, 0.1) is 5.82 Å². The van der Waals surface area contributed by atoms with Crippen LogP contribution >= 0.6 is 11.8 Å². The van der Waals surface area contributed by atoms with Gasteiger partial charge in [0.15, 0.2) is 0 Å². The normalized spacial score (nSPS) is 11.8. The van der Waals surface area contributed by atoms with Crippen LogP contribution in [0.4, 0.5) is 23.2 Å². The van der Waals surface area contributed by atoms with Gasteiger partial charge in [0, 0.05) is 4.90 Å². The van der Waals surface area contributed by atoms with Crippen molar-refractivity contribution >= 4 is 17.4 Å². The molecule has 0 bridgehead atoms. The van der Waals surface area contributed by atoms with Gasteiger partial charge in [-0.1, -0.05) is 0 Å². The summed E-state index contributed by atoms with van der Waals surface area (Å²) in [5, 5.41) is 0. The molecule has 2 N–H and O–H groups in total. The Balaban J connectivity index is 3.30. The Hall–Kier alpha value is -0.910. The molecule has 0 radical (unpaired) electrons. The maximum atomic E-state index is 12.9. The minimum Gasteiger partial charge on any atom is -0.395 e. The largest absolute Gasteiger partial charge is 0.416 e. The lowest BCUT2D eigenvalue weighted by Gasteiger charge is -2.10. The van der Waals surface area contributed by atoms with Crippen LogP contribution in [-0.2, 0) is 6.18 Å². The van der Waals surface area contributed by atoms with Crippen molar-refractivity contribution in [3.05, 3.63) is 23.5 Å². The quantitative estimate of drug-likeness (QED) is 0.451. The summed E-state index contributed by atoms with van der Waals surface area (Å²) < 4.78 is 49.5. The van der Waals surface area contributed by atoms with Crippen LogP contribution in [0.15, 0.2) is 17.0 Å². The van der Waals surface area contributed by atoms with E-state index in [9.17, 15) is 17.6 Å². The standard InChI is InChI=1S/C8H7F4NS/c1-14-6-3-4(8(10,11)12)2-5(9)7(6)13/h2-3H,13H2,1H3. The Morgan fingerprint density at radius 2 is 1.86 bits per heavy atom. The van der Waals surface area contributed by atoms with Crippen LogP contribution in [0.1, 0.15) is 5.56 Å². The fourth-order valence-electron chi connectivity index (χ4n) is 0.925. The molecule has 0 aromatic heterocycles. The van der Waals surface area contributed by atoms with E-state index in [-0.39, 0.29) is 10.6 Å². The third kappa shape index (κ3) is 2.12. The lowest BCUT2D eigenvalue weighted by atomic mass is 10.2. The predicted octanol–water partition coefficient (Wildman–Crippen LogP) is 3.15. The summed E-state index contributed by atoms with van der Waals surface area (Å²) in [6, 6.07) is 1.23. The molecule has 0 aliphatic rings. The fraction of sp³-hybridized carbons (Fsp3) is 0.250.